The van der Waals surface area contributed by atoms with Crippen LogP contribution >= 0.6 is 0 Å². The lowest BCUT2D eigenvalue weighted by molar-refractivity contribution is -0.119. The second kappa shape index (κ2) is 12.1. The summed E-state index contributed by atoms with van der Waals surface area (Å²) >= 11 is 0. The monoisotopic (exact) mass is 435 g/mol. The van der Waals surface area contributed by atoms with Gasteiger partial charge in [-0.25, -0.2) is 13.8 Å². The Labute approximate surface area is 182 Å². The standard InChI is InChI=1S/C23H37N3O3S/c1-19-15-16-22(17-20(19)2)26(30(3,28)29)18-23(27)25-24-21-13-11-9-7-5-4-6-8-10-12-14-21/h15-17H,4-14,18H2,1-3H3,(H,25,27). The average Bonchev–Trinajstić information content (AvgIpc) is 2.67. The highest BCUT2D eigenvalue weighted by Gasteiger charge is 2.21. The van der Waals surface area contributed by atoms with Gasteiger partial charge < -0.3 is 0 Å². The first-order valence-corrected chi connectivity index (χ1v) is 13.0. The predicted octanol–water partition coefficient (Wildman–Crippen LogP) is 4.85. The molecule has 1 saturated carbocycles. The molecule has 0 aromatic heterocycles. The summed E-state index contributed by atoms with van der Waals surface area (Å²) in [6, 6.07) is 5.39. The number of rotatable bonds is 5. The molecule has 0 radical (unpaired) electrons. The number of aryl methyl sites for hydroxylation is 2. The lowest BCUT2D eigenvalue weighted by atomic mass is 10.00. The summed E-state index contributed by atoms with van der Waals surface area (Å²) in [5, 5.41) is 4.37. The molecular weight excluding hydrogens is 398 g/mol. The zero-order chi connectivity index (χ0) is 22.0. The SMILES string of the molecule is Cc1ccc(N(CC(=O)NN=C2CCCCCCCCCCC2)S(C)(=O)=O)cc1C. The van der Waals surface area contributed by atoms with Crippen molar-refractivity contribution in [3.63, 3.8) is 0 Å². The molecule has 1 aromatic rings. The van der Waals surface area contributed by atoms with E-state index < -0.39 is 15.9 Å². The molecule has 7 heteroatoms. The third kappa shape index (κ3) is 8.46. The van der Waals surface area contributed by atoms with Crippen LogP contribution in [0.25, 0.3) is 0 Å². The molecule has 0 saturated heterocycles. The third-order valence-electron chi connectivity index (χ3n) is 5.74. The molecule has 0 atom stereocenters. The van der Waals surface area contributed by atoms with Gasteiger partial charge in [0.05, 0.1) is 11.9 Å². The summed E-state index contributed by atoms with van der Waals surface area (Å²) in [6.45, 7) is 3.61. The number of carbonyl (C=O) groups excluding carboxylic acids is 1. The van der Waals surface area contributed by atoms with Crippen LogP contribution in [0.2, 0.25) is 0 Å². The van der Waals surface area contributed by atoms with Crippen molar-refractivity contribution in [3.05, 3.63) is 29.3 Å². The number of amides is 1. The number of nitrogens with one attached hydrogen (secondary N) is 1. The van der Waals surface area contributed by atoms with Crippen LogP contribution in [0.5, 0.6) is 0 Å². The highest BCUT2D eigenvalue weighted by atomic mass is 32.2. The fourth-order valence-corrected chi connectivity index (χ4v) is 4.57. The van der Waals surface area contributed by atoms with E-state index in [1.165, 1.54) is 44.9 Å². The molecule has 1 aliphatic carbocycles. The Hall–Kier alpha value is -1.89. The molecule has 2 rings (SSSR count). The van der Waals surface area contributed by atoms with Gasteiger partial charge in [0.15, 0.2) is 0 Å². The molecule has 0 heterocycles. The first-order chi connectivity index (χ1) is 14.3. The Morgan fingerprint density at radius 3 is 1.97 bits per heavy atom. The molecule has 1 N–H and O–H groups in total. The van der Waals surface area contributed by atoms with Crippen molar-refractivity contribution in [2.24, 2.45) is 5.10 Å². The molecule has 0 unspecified atom stereocenters. The molecule has 168 valence electrons. The summed E-state index contributed by atoms with van der Waals surface area (Å²) in [5.41, 5.74) is 6.17. The Balaban J connectivity index is 2.02. The molecule has 0 bridgehead atoms. The zero-order valence-electron chi connectivity index (χ0n) is 18.7. The van der Waals surface area contributed by atoms with Crippen LogP contribution < -0.4 is 9.73 Å². The molecule has 1 aromatic carbocycles. The van der Waals surface area contributed by atoms with Crippen molar-refractivity contribution < 1.29 is 13.2 Å². The molecule has 6 nitrogen and oxygen atoms in total. The summed E-state index contributed by atoms with van der Waals surface area (Å²) in [4.78, 5) is 12.5. The topological polar surface area (TPSA) is 78.8 Å². The Morgan fingerprint density at radius 1 is 0.933 bits per heavy atom. The van der Waals surface area contributed by atoms with E-state index in [0.29, 0.717) is 5.69 Å². The number of hydrazone groups is 1. The van der Waals surface area contributed by atoms with Gasteiger partial charge in [-0.2, -0.15) is 5.10 Å². The van der Waals surface area contributed by atoms with Crippen LogP contribution in [0.4, 0.5) is 5.69 Å². The van der Waals surface area contributed by atoms with Crippen LogP contribution in [0.1, 0.15) is 81.8 Å². The van der Waals surface area contributed by atoms with E-state index in [1.807, 2.05) is 19.9 Å². The van der Waals surface area contributed by atoms with E-state index in [-0.39, 0.29) is 6.54 Å². The molecule has 0 aliphatic heterocycles. The van der Waals surface area contributed by atoms with Gasteiger partial charge in [-0.15, -0.1) is 0 Å². The largest absolute Gasteiger partial charge is 0.271 e. The minimum absolute atomic E-state index is 0.280. The number of hydrogen-bond acceptors (Lipinski definition) is 4. The predicted molar refractivity (Wildman–Crippen MR) is 124 cm³/mol. The van der Waals surface area contributed by atoms with Gasteiger partial charge in [-0.05, 0) is 62.8 Å². The molecule has 30 heavy (non-hydrogen) atoms. The number of anilines is 1. The highest BCUT2D eigenvalue weighted by molar-refractivity contribution is 7.92. The first-order valence-electron chi connectivity index (χ1n) is 11.2. The van der Waals surface area contributed by atoms with Crippen molar-refractivity contribution in [2.75, 3.05) is 17.1 Å². The van der Waals surface area contributed by atoms with E-state index >= 15 is 0 Å². The minimum Gasteiger partial charge on any atom is -0.271 e. The maximum Gasteiger partial charge on any atom is 0.260 e. The summed E-state index contributed by atoms with van der Waals surface area (Å²) in [5.74, 6) is -0.419. The molecule has 1 aliphatic rings. The maximum atomic E-state index is 12.5. The Morgan fingerprint density at radius 2 is 1.47 bits per heavy atom. The molecule has 0 spiro atoms. The lowest BCUT2D eigenvalue weighted by Gasteiger charge is -2.22. The molecule has 1 amide bonds. The quantitative estimate of drug-likeness (QED) is 0.672. The Bertz CT molecular complexity index is 820. The maximum absolute atomic E-state index is 12.5. The van der Waals surface area contributed by atoms with E-state index in [1.54, 1.807) is 12.1 Å². The van der Waals surface area contributed by atoms with Crippen LogP contribution in [0, 0.1) is 13.8 Å². The van der Waals surface area contributed by atoms with E-state index in [0.717, 1.165) is 53.1 Å². The second-order valence-corrected chi connectivity index (χ2v) is 10.3. The number of carbonyl (C=O) groups is 1. The average molecular weight is 436 g/mol. The van der Waals surface area contributed by atoms with E-state index in [2.05, 4.69) is 10.5 Å². The smallest absolute Gasteiger partial charge is 0.260 e. The van der Waals surface area contributed by atoms with Gasteiger partial charge in [-0.1, -0.05) is 51.0 Å². The van der Waals surface area contributed by atoms with Crippen molar-refractivity contribution in [3.8, 4) is 0 Å². The van der Waals surface area contributed by atoms with Crippen molar-refractivity contribution >= 4 is 27.3 Å². The van der Waals surface area contributed by atoms with Gasteiger partial charge in [0, 0.05) is 5.71 Å². The van der Waals surface area contributed by atoms with Crippen molar-refractivity contribution in [2.45, 2.75) is 84.5 Å². The Kier molecular flexibility index (Phi) is 9.82. The van der Waals surface area contributed by atoms with E-state index in [4.69, 9.17) is 0 Å². The molecule has 1 fully saturated rings. The van der Waals surface area contributed by atoms with Crippen LogP contribution in [0.15, 0.2) is 23.3 Å². The normalized spacial score (nSPS) is 16.8. The summed E-state index contributed by atoms with van der Waals surface area (Å²) in [6.07, 6.45) is 14.0. The van der Waals surface area contributed by atoms with Crippen molar-refractivity contribution in [1.82, 2.24) is 5.43 Å². The number of benzene rings is 1. The lowest BCUT2D eigenvalue weighted by Crippen LogP contribution is -2.39. The van der Waals surface area contributed by atoms with Gasteiger partial charge >= 0.3 is 0 Å². The fraction of sp³-hybridized carbons (Fsp3) is 0.652. The zero-order valence-corrected chi connectivity index (χ0v) is 19.6. The van der Waals surface area contributed by atoms with Gasteiger partial charge in [0.1, 0.15) is 6.54 Å². The van der Waals surface area contributed by atoms with Gasteiger partial charge in [-0.3, -0.25) is 9.10 Å². The van der Waals surface area contributed by atoms with Crippen LogP contribution in [-0.4, -0.2) is 32.8 Å². The van der Waals surface area contributed by atoms with Gasteiger partial charge in [0.2, 0.25) is 10.0 Å². The first kappa shape index (κ1) is 24.4. The highest BCUT2D eigenvalue weighted by Crippen LogP contribution is 2.21. The number of sulfonamides is 1. The fourth-order valence-electron chi connectivity index (χ4n) is 3.72. The van der Waals surface area contributed by atoms with E-state index in [9.17, 15) is 13.2 Å². The summed E-state index contributed by atoms with van der Waals surface area (Å²) in [7, 11) is -3.59. The third-order valence-corrected chi connectivity index (χ3v) is 6.88. The second-order valence-electron chi connectivity index (χ2n) is 8.43. The summed E-state index contributed by atoms with van der Waals surface area (Å²) < 4.78 is 25.7. The number of hydrogen-bond donors (Lipinski definition) is 1. The van der Waals surface area contributed by atoms with Gasteiger partial charge in [0.25, 0.3) is 5.91 Å². The number of nitrogens with zero attached hydrogens (tertiary/aromatic N) is 2. The molecular formula is C23H37N3O3S. The van der Waals surface area contributed by atoms with Crippen LogP contribution in [0.3, 0.4) is 0 Å². The van der Waals surface area contributed by atoms with Crippen molar-refractivity contribution in [1.29, 1.82) is 0 Å². The van der Waals surface area contributed by atoms with Crippen LogP contribution in [-0.2, 0) is 14.8 Å². The minimum atomic E-state index is -3.59.